The molecule has 0 spiro atoms. The highest BCUT2D eigenvalue weighted by Gasteiger charge is 2.34. The van der Waals surface area contributed by atoms with Gasteiger partial charge in [-0.3, -0.25) is 14.3 Å². The Balaban J connectivity index is 1.86. The Morgan fingerprint density at radius 1 is 1.26 bits per heavy atom. The molecule has 2 heterocycles. The number of aryl methyl sites for hydroxylation is 1. The number of aliphatic carboxylic acids is 1. The molecule has 2 unspecified atom stereocenters. The average Bonchev–Trinajstić information content (AvgIpc) is 2.89. The summed E-state index contributed by atoms with van der Waals surface area (Å²) in [5.74, 6) is -1.35. The molecule has 1 fully saturated rings. The van der Waals surface area contributed by atoms with Crippen LogP contribution in [0.2, 0.25) is 5.02 Å². The summed E-state index contributed by atoms with van der Waals surface area (Å²) in [7, 11) is 0. The van der Waals surface area contributed by atoms with E-state index in [2.05, 4.69) is 5.10 Å². The molecule has 3 rings (SSSR count). The van der Waals surface area contributed by atoms with Gasteiger partial charge in [0.25, 0.3) is 5.91 Å². The minimum Gasteiger partial charge on any atom is -0.481 e. The Morgan fingerprint density at radius 3 is 2.63 bits per heavy atom. The van der Waals surface area contributed by atoms with Crippen LogP contribution in [-0.4, -0.2) is 44.8 Å². The lowest BCUT2D eigenvalue weighted by atomic mass is 9.90. The first kappa shape index (κ1) is 19.4. The number of carboxylic acid groups (broad SMARTS) is 1. The van der Waals surface area contributed by atoms with Crippen LogP contribution in [-0.2, 0) is 11.3 Å². The van der Waals surface area contributed by atoms with Crippen molar-refractivity contribution in [2.24, 2.45) is 11.8 Å². The second-order valence-corrected chi connectivity index (χ2v) is 7.79. The van der Waals surface area contributed by atoms with E-state index in [1.807, 2.05) is 45.0 Å². The van der Waals surface area contributed by atoms with Crippen LogP contribution in [0.1, 0.15) is 40.7 Å². The fourth-order valence-electron chi connectivity index (χ4n) is 3.80. The number of likely N-dealkylation sites (tertiary alicyclic amines) is 1. The SMILES string of the molecule is Cc1nn(Cc2ccccc2Cl)c(C)c1C(=O)N1CC(C)CC(C(=O)O)C1. The van der Waals surface area contributed by atoms with Gasteiger partial charge in [-0.05, 0) is 37.8 Å². The summed E-state index contributed by atoms with van der Waals surface area (Å²) in [6.45, 7) is 6.95. The summed E-state index contributed by atoms with van der Waals surface area (Å²) in [6.07, 6.45) is 0.600. The van der Waals surface area contributed by atoms with Crippen LogP contribution in [0.4, 0.5) is 0 Å². The van der Waals surface area contributed by atoms with E-state index in [0.29, 0.717) is 35.8 Å². The van der Waals surface area contributed by atoms with Crippen LogP contribution >= 0.6 is 11.6 Å². The third-order valence-electron chi connectivity index (χ3n) is 5.17. The Morgan fingerprint density at radius 2 is 1.96 bits per heavy atom. The number of halogens is 1. The predicted molar refractivity (Wildman–Crippen MR) is 103 cm³/mol. The molecule has 6 nitrogen and oxygen atoms in total. The van der Waals surface area contributed by atoms with Crippen molar-refractivity contribution in [2.45, 2.75) is 33.7 Å². The molecular formula is C20H24ClN3O3. The Labute approximate surface area is 163 Å². The standard InChI is InChI=1S/C20H24ClN3O3/c1-12-8-16(20(26)27)10-23(9-12)19(25)18-13(2)22-24(14(18)3)11-15-6-4-5-7-17(15)21/h4-7,12,16H,8-11H2,1-3H3,(H,26,27). The highest BCUT2D eigenvalue weighted by Crippen LogP contribution is 2.26. The van der Waals surface area contributed by atoms with Crippen molar-refractivity contribution in [2.75, 3.05) is 13.1 Å². The summed E-state index contributed by atoms with van der Waals surface area (Å²) >= 11 is 6.25. The van der Waals surface area contributed by atoms with Crippen LogP contribution in [0, 0.1) is 25.7 Å². The van der Waals surface area contributed by atoms with Crippen LogP contribution in [0.25, 0.3) is 0 Å². The Hall–Kier alpha value is -2.34. The van der Waals surface area contributed by atoms with Crippen molar-refractivity contribution in [1.29, 1.82) is 0 Å². The normalized spacial score (nSPS) is 19.9. The van der Waals surface area contributed by atoms with Gasteiger partial charge >= 0.3 is 5.97 Å². The third-order valence-corrected chi connectivity index (χ3v) is 5.54. The topological polar surface area (TPSA) is 75.4 Å². The number of piperidine rings is 1. The molecule has 0 radical (unpaired) electrons. The number of rotatable bonds is 4. The van der Waals surface area contributed by atoms with Crippen molar-refractivity contribution in [3.8, 4) is 0 Å². The minimum absolute atomic E-state index is 0.145. The molecule has 1 saturated heterocycles. The molecule has 0 bridgehead atoms. The Kier molecular flexibility index (Phi) is 5.56. The molecule has 0 saturated carbocycles. The largest absolute Gasteiger partial charge is 0.481 e. The van der Waals surface area contributed by atoms with Gasteiger partial charge in [0.1, 0.15) is 0 Å². The van der Waals surface area contributed by atoms with Crippen molar-refractivity contribution < 1.29 is 14.7 Å². The summed E-state index contributed by atoms with van der Waals surface area (Å²) in [5, 5.41) is 14.6. The first-order valence-corrected chi connectivity index (χ1v) is 9.45. The van der Waals surface area contributed by atoms with E-state index in [4.69, 9.17) is 11.6 Å². The highest BCUT2D eigenvalue weighted by molar-refractivity contribution is 6.31. The molecule has 1 aromatic carbocycles. The fourth-order valence-corrected chi connectivity index (χ4v) is 4.00. The van der Waals surface area contributed by atoms with E-state index in [9.17, 15) is 14.7 Å². The maximum absolute atomic E-state index is 13.1. The minimum atomic E-state index is -0.845. The number of aromatic nitrogens is 2. The van der Waals surface area contributed by atoms with Gasteiger partial charge in [-0.2, -0.15) is 5.10 Å². The van der Waals surface area contributed by atoms with E-state index in [0.717, 1.165) is 11.3 Å². The zero-order valence-corrected chi connectivity index (χ0v) is 16.5. The van der Waals surface area contributed by atoms with Crippen LogP contribution in [0.3, 0.4) is 0 Å². The number of hydrogen-bond acceptors (Lipinski definition) is 3. The molecule has 7 heteroatoms. The van der Waals surface area contributed by atoms with E-state index < -0.39 is 11.9 Å². The molecule has 0 aliphatic carbocycles. The van der Waals surface area contributed by atoms with Crippen LogP contribution in [0.5, 0.6) is 0 Å². The quantitative estimate of drug-likeness (QED) is 0.869. The number of carboxylic acids is 1. The van der Waals surface area contributed by atoms with Gasteiger partial charge < -0.3 is 10.0 Å². The van der Waals surface area contributed by atoms with Gasteiger partial charge in [-0.25, -0.2) is 0 Å². The second kappa shape index (κ2) is 7.72. The molecular weight excluding hydrogens is 366 g/mol. The first-order valence-electron chi connectivity index (χ1n) is 9.07. The molecule has 27 heavy (non-hydrogen) atoms. The summed E-state index contributed by atoms with van der Waals surface area (Å²) in [5.41, 5.74) is 2.90. The molecule has 1 N–H and O–H groups in total. The molecule has 1 aliphatic heterocycles. The number of hydrogen-bond donors (Lipinski definition) is 1. The summed E-state index contributed by atoms with van der Waals surface area (Å²) in [6, 6.07) is 7.55. The van der Waals surface area contributed by atoms with Crippen molar-refractivity contribution in [1.82, 2.24) is 14.7 Å². The maximum Gasteiger partial charge on any atom is 0.308 e. The molecule has 1 aromatic heterocycles. The van der Waals surface area contributed by atoms with E-state index >= 15 is 0 Å². The van der Waals surface area contributed by atoms with Gasteiger partial charge in [-0.1, -0.05) is 36.7 Å². The number of carbonyl (C=O) groups excluding carboxylic acids is 1. The van der Waals surface area contributed by atoms with E-state index in [1.165, 1.54) is 0 Å². The number of carbonyl (C=O) groups is 2. The summed E-state index contributed by atoms with van der Waals surface area (Å²) in [4.78, 5) is 26.2. The highest BCUT2D eigenvalue weighted by atomic mass is 35.5. The molecule has 1 aliphatic rings. The van der Waals surface area contributed by atoms with Gasteiger partial charge in [0.2, 0.25) is 0 Å². The monoisotopic (exact) mass is 389 g/mol. The molecule has 144 valence electrons. The Bertz CT molecular complexity index is 877. The predicted octanol–water partition coefficient (Wildman–Crippen LogP) is 3.38. The lowest BCUT2D eigenvalue weighted by molar-refractivity contribution is -0.143. The fraction of sp³-hybridized carbons (Fsp3) is 0.450. The number of benzene rings is 1. The zero-order chi connectivity index (χ0) is 19.7. The van der Waals surface area contributed by atoms with Crippen molar-refractivity contribution >= 4 is 23.5 Å². The average molecular weight is 390 g/mol. The van der Waals surface area contributed by atoms with Gasteiger partial charge in [0.15, 0.2) is 0 Å². The van der Waals surface area contributed by atoms with E-state index in [1.54, 1.807) is 9.58 Å². The number of nitrogens with zero attached hydrogens (tertiary/aromatic N) is 3. The van der Waals surface area contributed by atoms with Gasteiger partial charge in [-0.15, -0.1) is 0 Å². The van der Waals surface area contributed by atoms with Crippen LogP contribution < -0.4 is 0 Å². The zero-order valence-electron chi connectivity index (χ0n) is 15.8. The van der Waals surface area contributed by atoms with E-state index in [-0.39, 0.29) is 18.4 Å². The van der Waals surface area contributed by atoms with Gasteiger partial charge in [0.05, 0.1) is 23.7 Å². The van der Waals surface area contributed by atoms with Crippen molar-refractivity contribution in [3.05, 3.63) is 51.8 Å². The summed E-state index contributed by atoms with van der Waals surface area (Å²) < 4.78 is 1.78. The third kappa shape index (κ3) is 4.00. The number of amides is 1. The first-order chi connectivity index (χ1) is 12.8. The lowest BCUT2D eigenvalue weighted by Crippen LogP contribution is -2.45. The molecule has 1 amide bonds. The van der Waals surface area contributed by atoms with Gasteiger partial charge in [0, 0.05) is 23.8 Å². The maximum atomic E-state index is 13.1. The molecule has 2 atom stereocenters. The lowest BCUT2D eigenvalue weighted by Gasteiger charge is -2.34. The second-order valence-electron chi connectivity index (χ2n) is 7.38. The van der Waals surface area contributed by atoms with Crippen molar-refractivity contribution in [3.63, 3.8) is 0 Å². The smallest absolute Gasteiger partial charge is 0.308 e. The van der Waals surface area contributed by atoms with Crippen LogP contribution in [0.15, 0.2) is 24.3 Å². The molecule has 2 aromatic rings.